The van der Waals surface area contributed by atoms with Crippen LogP contribution in [0.25, 0.3) is 0 Å². The number of carboxylic acid groups (broad SMARTS) is 2. The van der Waals surface area contributed by atoms with Crippen LogP contribution < -0.4 is 5.73 Å². The molecule has 0 aliphatic heterocycles. The van der Waals surface area contributed by atoms with Gasteiger partial charge >= 0.3 is 51.5 Å². The summed E-state index contributed by atoms with van der Waals surface area (Å²) in [6.45, 7) is 4.77. The number of hydrogen-bond donors (Lipinski definition) is 5. The van der Waals surface area contributed by atoms with Gasteiger partial charge in [-0.1, -0.05) is 0 Å². The highest BCUT2D eigenvalue weighted by molar-refractivity contribution is 7.47. The van der Waals surface area contributed by atoms with Crippen molar-refractivity contribution in [2.24, 2.45) is 5.73 Å². The number of ether oxygens (including phenoxy) is 6. The van der Waals surface area contributed by atoms with Gasteiger partial charge in [-0.25, -0.2) is 9.13 Å². The summed E-state index contributed by atoms with van der Waals surface area (Å²) in [5.74, 6) is -4.50. The van der Waals surface area contributed by atoms with Gasteiger partial charge in [0.1, 0.15) is 24.8 Å². The molecule has 0 aromatic heterocycles. The third kappa shape index (κ3) is 48.5. The first kappa shape index (κ1) is 59.6. The molecule has 0 fully saturated rings. The zero-order valence-electron chi connectivity index (χ0n) is 33.6. The first-order valence-corrected chi connectivity index (χ1v) is 20.6. The van der Waals surface area contributed by atoms with Gasteiger partial charge in [-0.15, -0.1) is 0 Å². The summed E-state index contributed by atoms with van der Waals surface area (Å²) in [5, 5.41) is 16.3. The van der Waals surface area contributed by atoms with Crippen LogP contribution in [0.5, 0.6) is 0 Å². The fourth-order valence-corrected chi connectivity index (χ4v) is 4.77. The molecule has 4 unspecified atom stereocenters. The molecule has 0 aromatic rings. The van der Waals surface area contributed by atoms with Crippen LogP contribution in [0, 0.1) is 0 Å². The number of nitrogens with two attached hydrogens (primary N) is 1. The molecular weight excluding hydrogens is 844 g/mol. The number of phosphoric ester groups is 2. The average molecular weight is 902 g/mol. The summed E-state index contributed by atoms with van der Waals surface area (Å²) < 4.78 is 70.4. The summed E-state index contributed by atoms with van der Waals surface area (Å²) in [4.78, 5) is 104. The summed E-state index contributed by atoms with van der Waals surface area (Å²) in [7, 11) is -8.70. The van der Waals surface area contributed by atoms with Gasteiger partial charge in [0.2, 0.25) is 0 Å². The van der Waals surface area contributed by atoms with Crippen LogP contribution >= 0.6 is 15.6 Å². The number of carboxylic acids is 2. The van der Waals surface area contributed by atoms with Crippen molar-refractivity contribution < 1.29 is 114 Å². The highest BCUT2D eigenvalue weighted by Gasteiger charge is 2.26. The van der Waals surface area contributed by atoms with Crippen LogP contribution in [-0.4, -0.2) is 152 Å². The SMILES string of the molecule is CC(=O)CCOCCC(=O)CCCOP(=O)(O)OCC(COC(C)=O)OC(C)=O.CC(=O)OCC(COP(=O)(O)OCCN)OC(C)=O.O=C(O)CCOCCC(=O)O. The zero-order chi connectivity index (χ0) is 45.9. The fourth-order valence-electron chi connectivity index (χ4n) is 3.22. The average Bonchev–Trinajstić information content (AvgIpc) is 3.11. The number of esters is 4. The van der Waals surface area contributed by atoms with E-state index in [0.717, 1.165) is 20.8 Å². The number of ketones is 2. The number of carbonyl (C=O) groups excluding carboxylic acids is 6. The third-order valence-electron chi connectivity index (χ3n) is 5.73. The van der Waals surface area contributed by atoms with Crippen molar-refractivity contribution in [2.45, 2.75) is 85.4 Å². The molecule has 59 heavy (non-hydrogen) atoms. The normalized spacial score (nSPS) is 13.6. The number of phosphoric acid groups is 2. The van der Waals surface area contributed by atoms with E-state index in [1.165, 1.54) is 13.8 Å². The van der Waals surface area contributed by atoms with E-state index in [4.69, 9.17) is 43.9 Å². The Bertz CT molecular complexity index is 1360. The molecule has 0 aromatic carbocycles. The van der Waals surface area contributed by atoms with Gasteiger partial charge in [0.25, 0.3) is 0 Å². The minimum absolute atomic E-state index is 0.00897. The molecule has 27 heteroatoms. The number of rotatable bonds is 32. The van der Waals surface area contributed by atoms with Gasteiger partial charge in [-0.3, -0.25) is 56.5 Å². The minimum atomic E-state index is -4.44. The molecule has 344 valence electrons. The molecule has 0 saturated carbocycles. The molecule has 6 N–H and O–H groups in total. The Morgan fingerprint density at radius 2 is 0.898 bits per heavy atom. The van der Waals surface area contributed by atoms with Gasteiger partial charge in [0, 0.05) is 53.5 Å². The van der Waals surface area contributed by atoms with Crippen LogP contribution in [0.4, 0.5) is 0 Å². The predicted octanol–water partition coefficient (Wildman–Crippen LogP) is 0.876. The molecule has 25 nitrogen and oxygen atoms in total. The van der Waals surface area contributed by atoms with E-state index >= 15 is 0 Å². The van der Waals surface area contributed by atoms with Crippen LogP contribution in [0.1, 0.15) is 73.1 Å². The van der Waals surface area contributed by atoms with E-state index in [-0.39, 0.29) is 103 Å². The topological polar surface area (TPSA) is 370 Å². The number of Topliss-reactive ketones (excluding diaryl/α,β-unsaturated/α-hetero) is 2. The molecule has 0 spiro atoms. The minimum Gasteiger partial charge on any atom is -0.481 e. The molecule has 0 radical (unpaired) electrons. The van der Waals surface area contributed by atoms with Gasteiger partial charge in [-0.05, 0) is 13.3 Å². The smallest absolute Gasteiger partial charge is 0.472 e. The molecule has 0 amide bonds. The van der Waals surface area contributed by atoms with E-state index in [1.54, 1.807) is 0 Å². The van der Waals surface area contributed by atoms with Crippen molar-refractivity contribution in [3.05, 3.63) is 0 Å². The van der Waals surface area contributed by atoms with Gasteiger partial charge in [-0.2, -0.15) is 0 Å². The first-order chi connectivity index (χ1) is 27.4. The van der Waals surface area contributed by atoms with Gasteiger partial charge in [0.15, 0.2) is 12.2 Å². The Morgan fingerprint density at radius 3 is 1.25 bits per heavy atom. The summed E-state index contributed by atoms with van der Waals surface area (Å²) in [6.07, 6.45) is -1.44. The van der Waals surface area contributed by atoms with Crippen LogP contribution in [0.15, 0.2) is 0 Å². The van der Waals surface area contributed by atoms with Gasteiger partial charge in [0.05, 0.1) is 65.7 Å². The summed E-state index contributed by atoms with van der Waals surface area (Å²) >= 11 is 0. The highest BCUT2D eigenvalue weighted by atomic mass is 31.2. The molecule has 4 atom stereocenters. The van der Waals surface area contributed by atoms with E-state index < -0.39 is 76.9 Å². The van der Waals surface area contributed by atoms with E-state index in [0.29, 0.717) is 6.42 Å². The molecule has 0 aliphatic carbocycles. The Morgan fingerprint density at radius 1 is 0.508 bits per heavy atom. The lowest BCUT2D eigenvalue weighted by Crippen LogP contribution is -2.28. The van der Waals surface area contributed by atoms with E-state index in [1.807, 2.05) is 0 Å². The maximum Gasteiger partial charge on any atom is 0.472 e. The third-order valence-corrected chi connectivity index (χ3v) is 7.70. The summed E-state index contributed by atoms with van der Waals surface area (Å²) in [5.41, 5.74) is 5.10. The molecule has 0 rings (SSSR count). The second-order valence-corrected chi connectivity index (χ2v) is 14.3. The Labute approximate surface area is 340 Å². The largest absolute Gasteiger partial charge is 0.481 e. The molecule has 0 bridgehead atoms. The maximum atomic E-state index is 11.8. The predicted molar refractivity (Wildman–Crippen MR) is 197 cm³/mol. The van der Waals surface area contributed by atoms with Crippen LogP contribution in [-0.2, 0) is 94.0 Å². The van der Waals surface area contributed by atoms with Crippen molar-refractivity contribution in [1.82, 2.24) is 0 Å². The monoisotopic (exact) mass is 901 g/mol. The quantitative estimate of drug-likeness (QED) is 0.0271. The van der Waals surface area contributed by atoms with Crippen LogP contribution in [0.2, 0.25) is 0 Å². The summed E-state index contributed by atoms with van der Waals surface area (Å²) in [6, 6.07) is 0. The Hall–Kier alpha value is -3.74. The number of hydrogen-bond acceptors (Lipinski definition) is 21. The van der Waals surface area contributed by atoms with Crippen molar-refractivity contribution in [3.8, 4) is 0 Å². The van der Waals surface area contributed by atoms with Crippen LogP contribution in [0.3, 0.4) is 0 Å². The lowest BCUT2D eigenvalue weighted by Gasteiger charge is -2.18. The lowest BCUT2D eigenvalue weighted by molar-refractivity contribution is -0.158. The fraction of sp³-hybridized carbons (Fsp3) is 0.750. The van der Waals surface area contributed by atoms with Crippen molar-refractivity contribution >= 4 is 63.0 Å². The first-order valence-electron chi connectivity index (χ1n) is 17.6. The zero-order valence-corrected chi connectivity index (χ0v) is 35.4. The highest BCUT2D eigenvalue weighted by Crippen LogP contribution is 2.44. The second kappa shape index (κ2) is 36.1. The standard InChI is InChI=1S/C17H29O11P.C9H18NO8P.C6H10O5/c1-13(18)6-9-24-10-7-16(21)5-4-8-26-29(22,23)27-12-17(28-15(3)20)11-25-14(2)19;1-7(11)15-5-9(18-8(2)12)6-17-19(13,14)16-4-3-10;7-5(8)1-3-11-4-2-6(9)10/h17H,4-12H2,1-3H3,(H,22,23);9H,3-6,10H2,1-2H3,(H,13,14);1-4H2,(H,7,8)(H,9,10). The van der Waals surface area contributed by atoms with Gasteiger partial charge < -0.3 is 54.2 Å². The Kier molecular flexibility index (Phi) is 36.5. The molecule has 0 aliphatic rings. The van der Waals surface area contributed by atoms with E-state index in [2.05, 4.69) is 18.5 Å². The van der Waals surface area contributed by atoms with Crippen molar-refractivity contribution in [2.75, 3.05) is 72.6 Å². The van der Waals surface area contributed by atoms with Crippen molar-refractivity contribution in [1.29, 1.82) is 0 Å². The lowest BCUT2D eigenvalue weighted by atomic mass is 10.2. The number of carbonyl (C=O) groups is 8. The second-order valence-electron chi connectivity index (χ2n) is 11.4. The number of aliphatic carboxylic acids is 2. The Balaban J connectivity index is -0.000000891. The van der Waals surface area contributed by atoms with Crippen molar-refractivity contribution in [3.63, 3.8) is 0 Å². The maximum absolute atomic E-state index is 11.8. The molecule has 0 heterocycles. The van der Waals surface area contributed by atoms with E-state index in [9.17, 15) is 57.3 Å². The molecule has 0 saturated heterocycles. The molecular formula is C32H57NO24P2.